The van der Waals surface area contributed by atoms with Gasteiger partial charge in [0.1, 0.15) is 12.4 Å². The number of methoxy groups -OCH3 is 1. The first kappa shape index (κ1) is 20.7. The molecule has 7 heteroatoms. The van der Waals surface area contributed by atoms with E-state index in [0.717, 1.165) is 11.1 Å². The van der Waals surface area contributed by atoms with Gasteiger partial charge in [-0.3, -0.25) is 10.1 Å². The second-order valence-electron chi connectivity index (χ2n) is 7.00. The molecule has 0 bridgehead atoms. The molecule has 3 aromatic carbocycles. The van der Waals surface area contributed by atoms with Crippen LogP contribution >= 0.6 is 12.2 Å². The summed E-state index contributed by atoms with van der Waals surface area (Å²) in [5.74, 6) is 1.60. The summed E-state index contributed by atoms with van der Waals surface area (Å²) < 4.78 is 16.9. The molecule has 0 saturated carbocycles. The van der Waals surface area contributed by atoms with E-state index < -0.39 is 6.10 Å². The quantitative estimate of drug-likeness (QED) is 0.570. The fourth-order valence-corrected chi connectivity index (χ4v) is 3.52. The van der Waals surface area contributed by atoms with Crippen molar-refractivity contribution in [2.24, 2.45) is 0 Å². The average Bonchev–Trinajstić information content (AvgIpc) is 3.23. The van der Waals surface area contributed by atoms with Crippen molar-refractivity contribution in [1.82, 2.24) is 5.32 Å². The van der Waals surface area contributed by atoms with Crippen LogP contribution in [0.25, 0.3) is 0 Å². The number of ether oxygens (including phenoxy) is 3. The number of rotatable bonds is 6. The smallest absolute Gasteiger partial charge is 0.267 e. The number of carbonyl (C=O) groups is 1. The Morgan fingerprint density at radius 1 is 1.10 bits per heavy atom. The van der Waals surface area contributed by atoms with Crippen LogP contribution in [0.3, 0.4) is 0 Å². The highest BCUT2D eigenvalue weighted by Gasteiger charge is 2.31. The zero-order valence-electron chi connectivity index (χ0n) is 17.0. The minimum atomic E-state index is -0.661. The van der Waals surface area contributed by atoms with Crippen molar-refractivity contribution in [1.29, 1.82) is 0 Å². The molecular weight excluding hydrogens is 412 g/mol. The third-order valence-corrected chi connectivity index (χ3v) is 5.02. The van der Waals surface area contributed by atoms with E-state index in [1.165, 1.54) is 0 Å². The van der Waals surface area contributed by atoms with E-state index in [2.05, 4.69) is 10.6 Å². The number of hydrogen-bond donors (Lipinski definition) is 2. The largest absolute Gasteiger partial charge is 0.493 e. The monoisotopic (exact) mass is 434 g/mol. The van der Waals surface area contributed by atoms with Crippen molar-refractivity contribution >= 4 is 28.9 Å². The van der Waals surface area contributed by atoms with E-state index >= 15 is 0 Å². The Kier molecular flexibility index (Phi) is 6.33. The summed E-state index contributed by atoms with van der Waals surface area (Å²) in [5.41, 5.74) is 2.73. The topological polar surface area (TPSA) is 68.8 Å². The number of amides is 1. The predicted octanol–water partition coefficient (Wildman–Crippen LogP) is 4.09. The highest BCUT2D eigenvalue weighted by atomic mass is 32.1. The van der Waals surface area contributed by atoms with Crippen LogP contribution in [0, 0.1) is 0 Å². The van der Waals surface area contributed by atoms with Crippen LogP contribution in [0.2, 0.25) is 0 Å². The maximum Gasteiger partial charge on any atom is 0.267 e. The van der Waals surface area contributed by atoms with Crippen molar-refractivity contribution < 1.29 is 19.0 Å². The molecule has 0 saturated heterocycles. The number of para-hydroxylation sites is 1. The Morgan fingerprint density at radius 2 is 1.90 bits per heavy atom. The molecule has 4 rings (SSSR count). The molecule has 158 valence electrons. The molecule has 0 aromatic heterocycles. The maximum absolute atomic E-state index is 12.6. The lowest BCUT2D eigenvalue weighted by atomic mass is 10.1. The van der Waals surface area contributed by atoms with Gasteiger partial charge in [-0.15, -0.1) is 0 Å². The van der Waals surface area contributed by atoms with Crippen molar-refractivity contribution in [3.8, 4) is 17.2 Å². The number of fused-ring (bicyclic) bond motifs is 1. The molecular formula is C24H22N2O4S. The Morgan fingerprint density at radius 3 is 2.71 bits per heavy atom. The van der Waals surface area contributed by atoms with Crippen LogP contribution in [0.4, 0.5) is 5.69 Å². The maximum atomic E-state index is 12.6. The average molecular weight is 435 g/mol. The van der Waals surface area contributed by atoms with E-state index in [-0.39, 0.29) is 11.0 Å². The fourth-order valence-electron chi connectivity index (χ4n) is 3.31. The minimum absolute atomic E-state index is 0.191. The minimum Gasteiger partial charge on any atom is -0.493 e. The first-order valence-electron chi connectivity index (χ1n) is 9.83. The summed E-state index contributed by atoms with van der Waals surface area (Å²) in [5, 5.41) is 5.90. The Balaban J connectivity index is 1.31. The van der Waals surface area contributed by atoms with Crippen LogP contribution in [0.5, 0.6) is 17.2 Å². The van der Waals surface area contributed by atoms with E-state index in [4.69, 9.17) is 26.4 Å². The van der Waals surface area contributed by atoms with Crippen LogP contribution in [0.1, 0.15) is 11.1 Å². The van der Waals surface area contributed by atoms with Gasteiger partial charge in [-0.2, -0.15) is 0 Å². The highest BCUT2D eigenvalue weighted by Crippen LogP contribution is 2.37. The van der Waals surface area contributed by atoms with Gasteiger partial charge >= 0.3 is 0 Å². The Labute approximate surface area is 186 Å². The SMILES string of the molecule is COc1cccc2c1OC(C(=O)NC(=S)Nc1cccc(OCc3ccccc3)c1)C2. The Bertz CT molecular complexity index is 1090. The van der Waals surface area contributed by atoms with Gasteiger partial charge in [-0.05, 0) is 36.0 Å². The van der Waals surface area contributed by atoms with Gasteiger partial charge in [0.2, 0.25) is 0 Å². The molecule has 1 aliphatic rings. The summed E-state index contributed by atoms with van der Waals surface area (Å²) in [7, 11) is 1.57. The lowest BCUT2D eigenvalue weighted by Gasteiger charge is -2.14. The molecule has 1 heterocycles. The van der Waals surface area contributed by atoms with Gasteiger partial charge in [0.15, 0.2) is 22.7 Å². The molecule has 0 aliphatic carbocycles. The number of thiocarbonyl (C=S) groups is 1. The highest BCUT2D eigenvalue weighted by molar-refractivity contribution is 7.80. The first-order valence-corrected chi connectivity index (χ1v) is 10.2. The number of nitrogens with one attached hydrogen (secondary N) is 2. The summed E-state index contributed by atoms with van der Waals surface area (Å²) >= 11 is 5.30. The lowest BCUT2D eigenvalue weighted by molar-refractivity contribution is -0.125. The standard InChI is InChI=1S/C24H22N2O4S/c1-28-20-12-5-9-17-13-21(30-22(17)20)23(27)26-24(31)25-18-10-6-11-19(14-18)29-15-16-7-3-2-4-8-16/h2-12,14,21H,13,15H2,1H3,(H2,25,26,27,31). The molecule has 1 aliphatic heterocycles. The van der Waals surface area contributed by atoms with E-state index in [1.807, 2.05) is 66.7 Å². The number of hydrogen-bond acceptors (Lipinski definition) is 5. The molecule has 1 unspecified atom stereocenters. The van der Waals surface area contributed by atoms with Crippen molar-refractivity contribution in [3.63, 3.8) is 0 Å². The molecule has 2 N–H and O–H groups in total. The van der Waals surface area contributed by atoms with Gasteiger partial charge in [0.05, 0.1) is 7.11 Å². The molecule has 1 amide bonds. The van der Waals surface area contributed by atoms with E-state index in [9.17, 15) is 4.79 Å². The van der Waals surface area contributed by atoms with Crippen LogP contribution < -0.4 is 24.8 Å². The van der Waals surface area contributed by atoms with Gasteiger partial charge in [0, 0.05) is 23.7 Å². The number of anilines is 1. The summed E-state index contributed by atoms with van der Waals surface area (Å²) in [4.78, 5) is 12.6. The van der Waals surface area contributed by atoms with Crippen molar-refractivity contribution in [3.05, 3.63) is 83.9 Å². The van der Waals surface area contributed by atoms with Crippen LogP contribution in [-0.4, -0.2) is 24.2 Å². The molecule has 0 radical (unpaired) electrons. The molecule has 0 spiro atoms. The zero-order chi connectivity index (χ0) is 21.6. The normalized spacial score (nSPS) is 14.2. The number of benzene rings is 3. The van der Waals surface area contributed by atoms with Gasteiger partial charge < -0.3 is 19.5 Å². The second kappa shape index (κ2) is 9.49. The predicted molar refractivity (Wildman–Crippen MR) is 123 cm³/mol. The Hall–Kier alpha value is -3.58. The van der Waals surface area contributed by atoms with Crippen LogP contribution in [0.15, 0.2) is 72.8 Å². The van der Waals surface area contributed by atoms with Gasteiger partial charge in [-0.25, -0.2) is 0 Å². The summed E-state index contributed by atoms with van der Waals surface area (Å²) in [6.07, 6.45) is -0.198. The second-order valence-corrected chi connectivity index (χ2v) is 7.41. The third kappa shape index (κ3) is 5.13. The fraction of sp³-hybridized carbons (Fsp3) is 0.167. The van der Waals surface area contributed by atoms with Gasteiger partial charge in [0.25, 0.3) is 5.91 Å². The van der Waals surface area contributed by atoms with Crippen molar-refractivity contribution in [2.45, 2.75) is 19.1 Å². The summed E-state index contributed by atoms with van der Waals surface area (Å²) in [6.45, 7) is 0.467. The lowest BCUT2D eigenvalue weighted by Crippen LogP contribution is -2.42. The molecule has 0 fully saturated rings. The van der Waals surface area contributed by atoms with Crippen LogP contribution in [-0.2, 0) is 17.8 Å². The molecule has 3 aromatic rings. The molecule has 31 heavy (non-hydrogen) atoms. The van der Waals surface area contributed by atoms with Crippen molar-refractivity contribution in [2.75, 3.05) is 12.4 Å². The first-order chi connectivity index (χ1) is 15.1. The van der Waals surface area contributed by atoms with Gasteiger partial charge in [-0.1, -0.05) is 48.5 Å². The third-order valence-electron chi connectivity index (χ3n) is 4.82. The van der Waals surface area contributed by atoms with E-state index in [1.54, 1.807) is 13.2 Å². The number of carbonyl (C=O) groups excluding carboxylic acids is 1. The summed E-state index contributed by atoms with van der Waals surface area (Å²) in [6, 6.07) is 22.9. The zero-order valence-corrected chi connectivity index (χ0v) is 17.8. The van der Waals surface area contributed by atoms with E-state index in [0.29, 0.717) is 36.0 Å². The molecule has 6 nitrogen and oxygen atoms in total. The molecule has 1 atom stereocenters.